The largest absolute Gasteiger partial charge is 0.493 e. The lowest BCUT2D eigenvalue weighted by Gasteiger charge is -2.31. The van der Waals surface area contributed by atoms with Crippen LogP contribution in [0, 0.1) is 11.8 Å². The molecule has 2 rings (SSSR count). The van der Waals surface area contributed by atoms with Crippen molar-refractivity contribution >= 4 is 18.3 Å². The Labute approximate surface area is 146 Å². The fourth-order valence-electron chi connectivity index (χ4n) is 2.43. The van der Waals surface area contributed by atoms with Gasteiger partial charge in [-0.05, 0) is 43.1 Å². The smallest absolute Gasteiger partial charge is 0.387 e. The van der Waals surface area contributed by atoms with Crippen molar-refractivity contribution in [2.45, 2.75) is 20.0 Å². The second kappa shape index (κ2) is 9.64. The highest BCUT2D eigenvalue weighted by molar-refractivity contribution is 5.85. The molecule has 0 aromatic heterocycles. The molecular weight excluding hydrogens is 342 g/mol. The summed E-state index contributed by atoms with van der Waals surface area (Å²) in [5.74, 6) is 0.644. The Kier molecular flexibility index (Phi) is 8.21. The second-order valence-corrected chi connectivity index (χ2v) is 5.61. The molecule has 1 fully saturated rings. The number of hydrogen-bond acceptors (Lipinski definition) is 4. The van der Waals surface area contributed by atoms with Crippen molar-refractivity contribution in [2.24, 2.45) is 11.8 Å². The quantitative estimate of drug-likeness (QED) is 0.742. The number of halogens is 3. The second-order valence-electron chi connectivity index (χ2n) is 5.61. The number of ether oxygens (including phenoxy) is 2. The average Bonchev–Trinajstić information content (AvgIpc) is 2.45. The van der Waals surface area contributed by atoms with Crippen molar-refractivity contribution in [1.82, 2.24) is 10.6 Å². The first-order valence-electron chi connectivity index (χ1n) is 7.61. The molecule has 1 saturated heterocycles. The maximum Gasteiger partial charge on any atom is 0.387 e. The highest BCUT2D eigenvalue weighted by Crippen LogP contribution is 2.29. The monoisotopic (exact) mass is 364 g/mol. The molecule has 1 unspecified atom stereocenters. The summed E-state index contributed by atoms with van der Waals surface area (Å²) < 4.78 is 34.2. The van der Waals surface area contributed by atoms with Crippen LogP contribution in [-0.2, 0) is 11.2 Å². The van der Waals surface area contributed by atoms with E-state index in [1.54, 1.807) is 12.1 Å². The number of carbonyl (C=O) groups is 1. The van der Waals surface area contributed by atoms with Gasteiger partial charge in [-0.3, -0.25) is 4.79 Å². The third-order valence-corrected chi connectivity index (χ3v) is 4.09. The summed E-state index contributed by atoms with van der Waals surface area (Å²) in [6.07, 6.45) is 0.533. The third-order valence-electron chi connectivity index (χ3n) is 4.09. The number of methoxy groups -OCH3 is 1. The van der Waals surface area contributed by atoms with Gasteiger partial charge >= 0.3 is 6.61 Å². The van der Waals surface area contributed by atoms with Gasteiger partial charge in [-0.1, -0.05) is 13.0 Å². The third kappa shape index (κ3) is 5.49. The van der Waals surface area contributed by atoms with Crippen LogP contribution < -0.4 is 20.1 Å². The van der Waals surface area contributed by atoms with Crippen molar-refractivity contribution in [3.63, 3.8) is 0 Å². The molecule has 2 N–H and O–H groups in total. The van der Waals surface area contributed by atoms with E-state index in [0.29, 0.717) is 18.9 Å². The predicted octanol–water partition coefficient (Wildman–Crippen LogP) is 2.23. The zero-order chi connectivity index (χ0) is 16.8. The number of rotatable bonds is 8. The highest BCUT2D eigenvalue weighted by atomic mass is 35.5. The average molecular weight is 365 g/mol. The molecule has 8 heteroatoms. The lowest BCUT2D eigenvalue weighted by molar-refractivity contribution is -0.126. The first kappa shape index (κ1) is 20.4. The molecule has 1 atom stereocenters. The highest BCUT2D eigenvalue weighted by Gasteiger charge is 2.28. The summed E-state index contributed by atoms with van der Waals surface area (Å²) in [4.78, 5) is 12.0. The molecule has 0 radical (unpaired) electrons. The van der Waals surface area contributed by atoms with Crippen LogP contribution in [0.3, 0.4) is 0 Å². The van der Waals surface area contributed by atoms with Crippen LogP contribution in [0.2, 0.25) is 0 Å². The van der Waals surface area contributed by atoms with E-state index in [1.165, 1.54) is 13.2 Å². The van der Waals surface area contributed by atoms with Crippen LogP contribution in [0.15, 0.2) is 18.2 Å². The van der Waals surface area contributed by atoms with Gasteiger partial charge in [0.25, 0.3) is 0 Å². The van der Waals surface area contributed by atoms with Crippen LogP contribution in [0.25, 0.3) is 0 Å². The summed E-state index contributed by atoms with van der Waals surface area (Å²) in [6, 6.07) is 4.86. The molecule has 1 heterocycles. The number of hydrogen-bond donors (Lipinski definition) is 2. The Hall–Kier alpha value is -1.60. The van der Waals surface area contributed by atoms with Crippen molar-refractivity contribution < 1.29 is 23.0 Å². The van der Waals surface area contributed by atoms with E-state index in [-0.39, 0.29) is 35.7 Å². The van der Waals surface area contributed by atoms with Gasteiger partial charge < -0.3 is 20.1 Å². The zero-order valence-electron chi connectivity index (χ0n) is 13.7. The maximum absolute atomic E-state index is 12.4. The van der Waals surface area contributed by atoms with Gasteiger partial charge in [0, 0.05) is 12.5 Å². The van der Waals surface area contributed by atoms with Gasteiger partial charge in [0.2, 0.25) is 5.91 Å². The molecule has 0 bridgehead atoms. The zero-order valence-corrected chi connectivity index (χ0v) is 14.5. The fourth-order valence-corrected chi connectivity index (χ4v) is 2.43. The number of alkyl halides is 2. The fraction of sp³-hybridized carbons (Fsp3) is 0.562. The summed E-state index contributed by atoms with van der Waals surface area (Å²) in [7, 11) is 1.39. The normalized spacial score (nSPS) is 15.2. The van der Waals surface area contributed by atoms with Crippen LogP contribution in [0.1, 0.15) is 12.5 Å². The summed E-state index contributed by atoms with van der Waals surface area (Å²) in [5, 5.41) is 6.03. The van der Waals surface area contributed by atoms with Crippen molar-refractivity contribution in [1.29, 1.82) is 0 Å². The van der Waals surface area contributed by atoms with Crippen molar-refractivity contribution in [3.8, 4) is 11.5 Å². The Morgan fingerprint density at radius 3 is 2.62 bits per heavy atom. The Morgan fingerprint density at radius 1 is 1.38 bits per heavy atom. The lowest BCUT2D eigenvalue weighted by atomic mass is 9.88. The lowest BCUT2D eigenvalue weighted by Crippen LogP contribution is -2.49. The van der Waals surface area contributed by atoms with Crippen LogP contribution in [0.5, 0.6) is 11.5 Å². The van der Waals surface area contributed by atoms with Crippen LogP contribution >= 0.6 is 12.4 Å². The summed E-state index contributed by atoms with van der Waals surface area (Å²) in [6.45, 7) is 1.21. The summed E-state index contributed by atoms with van der Waals surface area (Å²) >= 11 is 0. The molecule has 1 aromatic rings. The van der Waals surface area contributed by atoms with E-state index in [2.05, 4.69) is 15.4 Å². The van der Waals surface area contributed by atoms with Crippen LogP contribution in [0.4, 0.5) is 8.78 Å². The molecule has 1 aliphatic heterocycles. The Morgan fingerprint density at radius 2 is 2.08 bits per heavy atom. The Bertz CT molecular complexity index is 542. The van der Waals surface area contributed by atoms with E-state index in [0.717, 1.165) is 18.7 Å². The van der Waals surface area contributed by atoms with E-state index in [1.807, 2.05) is 6.92 Å². The number of nitrogens with one attached hydrogen (secondary N) is 2. The van der Waals surface area contributed by atoms with E-state index in [9.17, 15) is 13.6 Å². The van der Waals surface area contributed by atoms with Gasteiger partial charge in [0.05, 0.1) is 7.11 Å². The molecule has 136 valence electrons. The minimum atomic E-state index is -2.91. The first-order valence-corrected chi connectivity index (χ1v) is 7.61. The molecule has 24 heavy (non-hydrogen) atoms. The minimum Gasteiger partial charge on any atom is -0.493 e. The van der Waals surface area contributed by atoms with Crippen LogP contribution in [-0.4, -0.2) is 39.3 Å². The topological polar surface area (TPSA) is 59.6 Å². The molecular formula is C16H23ClF2N2O3. The van der Waals surface area contributed by atoms with Crippen molar-refractivity contribution in [2.75, 3.05) is 26.7 Å². The molecule has 0 spiro atoms. The number of benzene rings is 1. The molecule has 1 amide bonds. The van der Waals surface area contributed by atoms with E-state index < -0.39 is 6.61 Å². The molecule has 0 saturated carbocycles. The standard InChI is InChI=1S/C16H22F2N2O3.ClH/c1-10(12-8-19-9-12)15(21)20-6-5-11-3-4-13(22-2)14(7-11)23-16(17)18;/h3-4,7,10,12,16,19H,5-6,8-9H2,1-2H3,(H,20,21);1H. The van der Waals surface area contributed by atoms with E-state index >= 15 is 0 Å². The molecule has 1 aliphatic rings. The van der Waals surface area contributed by atoms with Gasteiger partial charge in [0.1, 0.15) is 0 Å². The molecule has 0 aliphatic carbocycles. The number of carbonyl (C=O) groups excluding carboxylic acids is 1. The maximum atomic E-state index is 12.4. The first-order chi connectivity index (χ1) is 11.0. The van der Waals surface area contributed by atoms with Gasteiger partial charge in [0.15, 0.2) is 11.5 Å². The number of amides is 1. The minimum absolute atomic E-state index is 0. The van der Waals surface area contributed by atoms with Gasteiger partial charge in [-0.2, -0.15) is 8.78 Å². The van der Waals surface area contributed by atoms with E-state index in [4.69, 9.17) is 4.74 Å². The van der Waals surface area contributed by atoms with Gasteiger partial charge in [-0.15, -0.1) is 12.4 Å². The van der Waals surface area contributed by atoms with Crippen molar-refractivity contribution in [3.05, 3.63) is 23.8 Å². The SMILES string of the molecule is COc1ccc(CCNC(=O)C(C)C2CNC2)cc1OC(F)F.Cl. The predicted molar refractivity (Wildman–Crippen MR) is 89.1 cm³/mol. The summed E-state index contributed by atoms with van der Waals surface area (Å²) in [5.41, 5.74) is 0.791. The molecule has 5 nitrogen and oxygen atoms in total. The van der Waals surface area contributed by atoms with Gasteiger partial charge in [-0.25, -0.2) is 0 Å². The molecule has 1 aromatic carbocycles. The Balaban J connectivity index is 0.00000288.